The van der Waals surface area contributed by atoms with Crippen LogP contribution in [-0.4, -0.2) is 46.8 Å². The third-order valence-electron chi connectivity index (χ3n) is 5.79. The number of amidine groups is 2. The maximum absolute atomic E-state index is 12.6. The maximum atomic E-state index is 12.6. The zero-order chi connectivity index (χ0) is 25.7. The van der Waals surface area contributed by atoms with Crippen molar-refractivity contribution in [2.45, 2.75) is 40.0 Å². The van der Waals surface area contributed by atoms with Gasteiger partial charge >= 0.3 is 0 Å². The lowest BCUT2D eigenvalue weighted by Crippen LogP contribution is -2.35. The summed E-state index contributed by atoms with van der Waals surface area (Å²) in [4.78, 5) is 16.6. The van der Waals surface area contributed by atoms with E-state index in [4.69, 9.17) is 19.6 Å². The molecule has 2 aliphatic heterocycles. The molecule has 1 atom stereocenters. The molecule has 2 aliphatic rings. The van der Waals surface area contributed by atoms with Gasteiger partial charge in [-0.25, -0.2) is 0 Å². The number of fused-ring (bicyclic) bond motifs is 1. The van der Waals surface area contributed by atoms with Crippen LogP contribution >= 0.6 is 11.8 Å². The van der Waals surface area contributed by atoms with Crippen molar-refractivity contribution in [3.05, 3.63) is 59.2 Å². The Balaban J connectivity index is 1.45. The molecule has 0 saturated heterocycles. The van der Waals surface area contributed by atoms with E-state index in [0.29, 0.717) is 48.0 Å². The third-order valence-corrected chi connectivity index (χ3v) is 6.62. The van der Waals surface area contributed by atoms with E-state index in [-0.39, 0.29) is 11.4 Å². The highest BCUT2D eigenvalue weighted by molar-refractivity contribution is 8.26. The van der Waals surface area contributed by atoms with Crippen molar-refractivity contribution in [2.75, 3.05) is 19.8 Å². The van der Waals surface area contributed by atoms with Crippen LogP contribution in [-0.2, 0) is 4.79 Å². The summed E-state index contributed by atoms with van der Waals surface area (Å²) in [5.41, 5.74) is 2.06. The van der Waals surface area contributed by atoms with Crippen molar-refractivity contribution < 1.29 is 19.0 Å². The number of nitrogens with one attached hydrogen (secondary N) is 1. The summed E-state index contributed by atoms with van der Waals surface area (Å²) in [5, 5.41) is 15.2. The van der Waals surface area contributed by atoms with Crippen molar-refractivity contribution in [2.24, 2.45) is 10.1 Å². The van der Waals surface area contributed by atoms with Crippen LogP contribution in [0.3, 0.4) is 0 Å². The van der Waals surface area contributed by atoms with Crippen LogP contribution < -0.4 is 14.2 Å². The van der Waals surface area contributed by atoms with Gasteiger partial charge in [-0.05, 0) is 73.4 Å². The largest absolute Gasteiger partial charge is 0.490 e. The highest BCUT2D eigenvalue weighted by Gasteiger charge is 2.34. The summed E-state index contributed by atoms with van der Waals surface area (Å²) in [7, 11) is 0. The first kappa shape index (κ1) is 25.5. The Labute approximate surface area is 215 Å². The number of aliphatic imine (C=N–C) groups is 1. The van der Waals surface area contributed by atoms with Gasteiger partial charge in [0.25, 0.3) is 5.91 Å². The topological polar surface area (TPSA) is 96.6 Å². The molecule has 9 heteroatoms. The summed E-state index contributed by atoms with van der Waals surface area (Å²) in [5.74, 6) is 1.97. The summed E-state index contributed by atoms with van der Waals surface area (Å²) in [6, 6.07) is 13.5. The number of benzene rings is 2. The van der Waals surface area contributed by atoms with Crippen molar-refractivity contribution in [1.29, 1.82) is 5.41 Å². The fourth-order valence-corrected chi connectivity index (χ4v) is 4.53. The van der Waals surface area contributed by atoms with Crippen molar-refractivity contribution in [1.82, 2.24) is 5.01 Å². The Morgan fingerprint density at radius 3 is 2.56 bits per heavy atom. The second kappa shape index (κ2) is 11.4. The van der Waals surface area contributed by atoms with Gasteiger partial charge in [-0.15, -0.1) is 0 Å². The van der Waals surface area contributed by atoms with Crippen LogP contribution in [0.4, 0.5) is 0 Å². The normalized spacial score (nSPS) is 17.0. The van der Waals surface area contributed by atoms with E-state index in [1.807, 2.05) is 38.1 Å². The Bertz CT molecular complexity index is 1250. The Morgan fingerprint density at radius 1 is 1.06 bits per heavy atom. The number of nitrogens with zero attached hydrogens (tertiary/aromatic N) is 3. The van der Waals surface area contributed by atoms with Gasteiger partial charge in [0.1, 0.15) is 19.0 Å². The number of amides is 1. The van der Waals surface area contributed by atoms with Gasteiger partial charge in [0.15, 0.2) is 17.3 Å². The molecule has 4 rings (SSSR count). The van der Waals surface area contributed by atoms with Crippen molar-refractivity contribution in [3.63, 3.8) is 0 Å². The molecule has 0 aromatic heterocycles. The molecule has 2 aromatic rings. The molecule has 0 fully saturated rings. The minimum absolute atomic E-state index is 0.00228. The Hall–Kier alpha value is -3.59. The minimum atomic E-state index is -0.461. The molecule has 0 saturated carbocycles. The van der Waals surface area contributed by atoms with Crippen LogP contribution in [0, 0.1) is 5.41 Å². The molecule has 0 bridgehead atoms. The number of carbonyl (C=O) groups excluding carboxylic acids is 1. The molecule has 1 amide bonds. The standard InChI is InChI=1S/C27H30N4O4S/c1-5-17(3)20-9-7-8-10-22(20)34-13-14-35-23-12-11-19(16-24(23)33-6-2)15-21-25(28)31-27(29-26(21)32)36-18(4)30-31/h7-12,15-17,28H,5-6,13-14H2,1-4H3. The predicted octanol–water partition coefficient (Wildman–Crippen LogP) is 5.70. The zero-order valence-electron chi connectivity index (χ0n) is 20.9. The van der Waals surface area contributed by atoms with E-state index < -0.39 is 5.91 Å². The van der Waals surface area contributed by atoms with Crippen LogP contribution in [0.15, 0.2) is 58.1 Å². The Kier molecular flexibility index (Phi) is 8.10. The first-order valence-corrected chi connectivity index (χ1v) is 12.8. The lowest BCUT2D eigenvalue weighted by atomic mass is 9.98. The Morgan fingerprint density at radius 2 is 1.81 bits per heavy atom. The summed E-state index contributed by atoms with van der Waals surface area (Å²) < 4.78 is 17.8. The molecule has 2 aromatic carbocycles. The number of para-hydroxylation sites is 1. The zero-order valence-corrected chi connectivity index (χ0v) is 21.7. The molecule has 36 heavy (non-hydrogen) atoms. The number of carbonyl (C=O) groups is 1. The molecule has 0 aliphatic carbocycles. The lowest BCUT2D eigenvalue weighted by Gasteiger charge is -2.20. The molecule has 8 nitrogen and oxygen atoms in total. The number of hydrogen-bond acceptors (Lipinski definition) is 7. The molecule has 2 heterocycles. The van der Waals surface area contributed by atoms with Gasteiger partial charge < -0.3 is 14.2 Å². The second-order valence-electron chi connectivity index (χ2n) is 8.32. The molecule has 0 spiro atoms. The number of rotatable bonds is 10. The molecule has 1 unspecified atom stereocenters. The van der Waals surface area contributed by atoms with Crippen molar-refractivity contribution >= 4 is 39.8 Å². The van der Waals surface area contributed by atoms with Crippen LogP contribution in [0.25, 0.3) is 6.08 Å². The number of thioether (sulfide) groups is 1. The fraction of sp³-hybridized carbons (Fsp3) is 0.333. The lowest BCUT2D eigenvalue weighted by molar-refractivity contribution is -0.114. The van der Waals surface area contributed by atoms with E-state index in [2.05, 4.69) is 30.0 Å². The van der Waals surface area contributed by atoms with Crippen molar-refractivity contribution in [3.8, 4) is 17.2 Å². The quantitative estimate of drug-likeness (QED) is 0.328. The molecule has 1 N–H and O–H groups in total. The minimum Gasteiger partial charge on any atom is -0.490 e. The first-order chi connectivity index (χ1) is 17.4. The number of ether oxygens (including phenoxy) is 3. The molecule has 0 radical (unpaired) electrons. The smallest absolute Gasteiger partial charge is 0.283 e. The van der Waals surface area contributed by atoms with Gasteiger partial charge in [-0.3, -0.25) is 10.2 Å². The van der Waals surface area contributed by atoms with Gasteiger partial charge in [-0.2, -0.15) is 15.1 Å². The van der Waals surface area contributed by atoms with Gasteiger partial charge in [0.2, 0.25) is 5.17 Å². The predicted molar refractivity (Wildman–Crippen MR) is 144 cm³/mol. The van der Waals surface area contributed by atoms with Crippen LogP contribution in [0.1, 0.15) is 51.2 Å². The van der Waals surface area contributed by atoms with E-state index in [9.17, 15) is 4.79 Å². The molecular weight excluding hydrogens is 476 g/mol. The van der Waals surface area contributed by atoms with E-state index in [0.717, 1.165) is 17.2 Å². The van der Waals surface area contributed by atoms with E-state index in [1.165, 1.54) is 22.3 Å². The monoisotopic (exact) mass is 506 g/mol. The SMILES string of the molecule is CCOc1cc(C=C2C(=N)N3N=C(C)SC3=NC2=O)ccc1OCCOc1ccccc1C(C)CC. The number of hydrazone groups is 1. The van der Waals surface area contributed by atoms with Crippen LogP contribution in [0.5, 0.6) is 17.2 Å². The average Bonchev–Trinajstić information content (AvgIpc) is 3.25. The average molecular weight is 507 g/mol. The maximum Gasteiger partial charge on any atom is 0.283 e. The summed E-state index contributed by atoms with van der Waals surface area (Å²) in [6.07, 6.45) is 2.67. The van der Waals surface area contributed by atoms with Gasteiger partial charge in [0.05, 0.1) is 17.2 Å². The number of hydrogen-bond donors (Lipinski definition) is 1. The van der Waals surface area contributed by atoms with E-state index >= 15 is 0 Å². The van der Waals surface area contributed by atoms with Gasteiger partial charge in [0, 0.05) is 0 Å². The fourth-order valence-electron chi connectivity index (χ4n) is 3.80. The van der Waals surface area contributed by atoms with E-state index in [1.54, 1.807) is 18.2 Å². The second-order valence-corrected chi connectivity index (χ2v) is 9.48. The first-order valence-electron chi connectivity index (χ1n) is 12.0. The third kappa shape index (κ3) is 5.62. The summed E-state index contributed by atoms with van der Waals surface area (Å²) >= 11 is 1.28. The molecule has 188 valence electrons. The summed E-state index contributed by atoms with van der Waals surface area (Å²) in [6.45, 7) is 9.26. The molecular formula is C27H30N4O4S. The highest BCUT2D eigenvalue weighted by atomic mass is 32.2. The highest BCUT2D eigenvalue weighted by Crippen LogP contribution is 2.32. The van der Waals surface area contributed by atoms with Gasteiger partial charge in [-0.1, -0.05) is 38.1 Å². The van der Waals surface area contributed by atoms with Crippen LogP contribution in [0.2, 0.25) is 0 Å².